The number of furan rings is 1. The highest BCUT2D eigenvalue weighted by Crippen LogP contribution is 2.29. The van der Waals surface area contributed by atoms with Crippen LogP contribution in [-0.4, -0.2) is 38.8 Å². The number of aromatic carboxylic acids is 1. The molecule has 0 radical (unpaired) electrons. The minimum absolute atomic E-state index is 0.00966. The van der Waals surface area contributed by atoms with E-state index in [1.54, 1.807) is 10.9 Å². The molecule has 1 unspecified atom stereocenters. The zero-order valence-corrected chi connectivity index (χ0v) is 15.5. The molecule has 0 aromatic carbocycles. The van der Waals surface area contributed by atoms with E-state index >= 15 is 0 Å². The van der Waals surface area contributed by atoms with Gasteiger partial charge in [-0.1, -0.05) is 20.8 Å². The predicted molar refractivity (Wildman–Crippen MR) is 94.9 cm³/mol. The molecule has 0 bridgehead atoms. The molecule has 1 aliphatic rings. The Hall–Kier alpha value is -2.08. The largest absolute Gasteiger partial charge is 0.478 e. The van der Waals surface area contributed by atoms with Gasteiger partial charge in [-0.25, -0.2) is 4.79 Å². The fourth-order valence-electron chi connectivity index (χ4n) is 3.33. The van der Waals surface area contributed by atoms with Crippen LogP contribution in [0.4, 0.5) is 0 Å². The number of rotatable bonds is 4. The summed E-state index contributed by atoms with van der Waals surface area (Å²) in [4.78, 5) is 13.5. The van der Waals surface area contributed by atoms with Crippen molar-refractivity contribution in [2.75, 3.05) is 13.1 Å². The molecule has 6 heteroatoms. The molecule has 0 saturated carbocycles. The molecule has 1 fully saturated rings. The Morgan fingerprint density at radius 3 is 2.80 bits per heavy atom. The molecule has 136 valence electrons. The highest BCUT2D eigenvalue weighted by atomic mass is 16.4. The summed E-state index contributed by atoms with van der Waals surface area (Å²) in [5.74, 6) is 1.08. The number of hydrogen-bond acceptors (Lipinski definition) is 4. The first-order chi connectivity index (χ1) is 11.7. The van der Waals surface area contributed by atoms with Gasteiger partial charge in [-0.15, -0.1) is 0 Å². The third-order valence-corrected chi connectivity index (χ3v) is 4.86. The van der Waals surface area contributed by atoms with Gasteiger partial charge in [-0.2, -0.15) is 5.10 Å². The minimum atomic E-state index is -0.928. The van der Waals surface area contributed by atoms with E-state index in [1.807, 2.05) is 6.92 Å². The number of hydrogen-bond donors (Lipinski definition) is 1. The quantitative estimate of drug-likeness (QED) is 0.916. The van der Waals surface area contributed by atoms with Crippen molar-refractivity contribution in [1.29, 1.82) is 0 Å². The molecule has 0 spiro atoms. The lowest BCUT2D eigenvalue weighted by molar-refractivity contribution is 0.0696. The molecule has 1 atom stereocenters. The fraction of sp³-hybridized carbons (Fsp3) is 0.579. The molecular formula is C19H27N3O3. The number of nitrogens with zero attached hydrogens (tertiary/aromatic N) is 3. The van der Waals surface area contributed by atoms with Gasteiger partial charge in [-0.3, -0.25) is 9.58 Å². The Bertz CT molecular complexity index is 754. The van der Waals surface area contributed by atoms with Gasteiger partial charge in [-0.05, 0) is 32.4 Å². The molecule has 0 aliphatic carbocycles. The van der Waals surface area contributed by atoms with Crippen molar-refractivity contribution in [2.45, 2.75) is 58.5 Å². The van der Waals surface area contributed by atoms with Crippen LogP contribution in [-0.2, 0) is 12.0 Å². The Kier molecular flexibility index (Phi) is 4.73. The number of likely N-dealkylation sites (tertiary alicyclic amines) is 1. The van der Waals surface area contributed by atoms with Gasteiger partial charge in [0.25, 0.3) is 0 Å². The number of aromatic nitrogens is 2. The Morgan fingerprint density at radius 2 is 2.20 bits per heavy atom. The highest BCUT2D eigenvalue weighted by molar-refractivity contribution is 5.86. The Balaban J connectivity index is 1.69. The summed E-state index contributed by atoms with van der Waals surface area (Å²) >= 11 is 0. The van der Waals surface area contributed by atoms with Gasteiger partial charge < -0.3 is 9.52 Å². The standard InChI is InChI=1S/C19H27N3O3/c1-13-14(8-17(25-13)19(2,3)4)10-21-7-5-6-16(12-21)22-11-15(9-20-22)18(23)24/h8-9,11,16H,5-7,10,12H2,1-4H3,(H,23,24). The molecule has 1 aliphatic heterocycles. The molecule has 1 saturated heterocycles. The molecule has 6 nitrogen and oxygen atoms in total. The SMILES string of the molecule is Cc1oc(C(C)(C)C)cc1CN1CCCC(n2cc(C(=O)O)cn2)C1. The van der Waals surface area contributed by atoms with Crippen molar-refractivity contribution in [2.24, 2.45) is 0 Å². The summed E-state index contributed by atoms with van der Waals surface area (Å²) in [6.45, 7) is 11.3. The van der Waals surface area contributed by atoms with Gasteiger partial charge in [0.05, 0.1) is 17.8 Å². The highest BCUT2D eigenvalue weighted by Gasteiger charge is 2.25. The second-order valence-electron chi connectivity index (χ2n) is 7.99. The van der Waals surface area contributed by atoms with E-state index in [2.05, 4.69) is 36.8 Å². The van der Waals surface area contributed by atoms with Crippen molar-refractivity contribution in [3.8, 4) is 0 Å². The lowest BCUT2D eigenvalue weighted by atomic mass is 9.93. The summed E-state index contributed by atoms with van der Waals surface area (Å²) in [5.41, 5.74) is 1.49. The van der Waals surface area contributed by atoms with E-state index in [9.17, 15) is 4.79 Å². The van der Waals surface area contributed by atoms with E-state index in [0.29, 0.717) is 0 Å². The Labute approximate surface area is 148 Å². The number of carboxylic acids is 1. The summed E-state index contributed by atoms with van der Waals surface area (Å²) < 4.78 is 7.76. The van der Waals surface area contributed by atoms with Gasteiger partial charge in [0.1, 0.15) is 11.5 Å². The molecular weight excluding hydrogens is 318 g/mol. The average molecular weight is 345 g/mol. The first-order valence-corrected chi connectivity index (χ1v) is 8.83. The molecule has 1 N–H and O–H groups in total. The zero-order valence-electron chi connectivity index (χ0n) is 15.5. The van der Waals surface area contributed by atoms with Crippen LogP contribution in [0.1, 0.15) is 67.1 Å². The smallest absolute Gasteiger partial charge is 0.338 e. The van der Waals surface area contributed by atoms with Crippen molar-refractivity contribution in [3.63, 3.8) is 0 Å². The maximum absolute atomic E-state index is 11.0. The molecule has 2 aromatic rings. The molecule has 3 heterocycles. The van der Waals surface area contributed by atoms with Crippen LogP contribution < -0.4 is 0 Å². The van der Waals surface area contributed by atoms with E-state index in [-0.39, 0.29) is 17.0 Å². The van der Waals surface area contributed by atoms with Crippen LogP contribution in [0.5, 0.6) is 0 Å². The Morgan fingerprint density at radius 1 is 1.44 bits per heavy atom. The monoisotopic (exact) mass is 345 g/mol. The lowest BCUT2D eigenvalue weighted by Crippen LogP contribution is -2.36. The molecule has 2 aromatic heterocycles. The number of carbonyl (C=O) groups is 1. The van der Waals surface area contributed by atoms with Crippen LogP contribution in [0.15, 0.2) is 22.9 Å². The van der Waals surface area contributed by atoms with Crippen molar-refractivity contribution >= 4 is 5.97 Å². The van der Waals surface area contributed by atoms with Crippen LogP contribution in [0.25, 0.3) is 0 Å². The maximum atomic E-state index is 11.0. The first kappa shape index (κ1) is 17.7. The second-order valence-corrected chi connectivity index (χ2v) is 7.99. The van der Waals surface area contributed by atoms with E-state index in [0.717, 1.165) is 44.0 Å². The van der Waals surface area contributed by atoms with Crippen LogP contribution in [0.2, 0.25) is 0 Å². The molecule has 3 rings (SSSR count). The summed E-state index contributed by atoms with van der Waals surface area (Å²) in [7, 11) is 0. The van der Waals surface area contributed by atoms with Crippen LogP contribution >= 0.6 is 0 Å². The van der Waals surface area contributed by atoms with Gasteiger partial charge in [0, 0.05) is 30.3 Å². The normalized spacial score (nSPS) is 19.3. The lowest BCUT2D eigenvalue weighted by Gasteiger charge is -2.32. The summed E-state index contributed by atoms with van der Waals surface area (Å²) in [5, 5.41) is 13.3. The van der Waals surface area contributed by atoms with Gasteiger partial charge >= 0.3 is 5.97 Å². The van der Waals surface area contributed by atoms with Crippen molar-refractivity contribution in [3.05, 3.63) is 41.1 Å². The second kappa shape index (κ2) is 6.67. The average Bonchev–Trinajstić information content (AvgIpc) is 3.15. The number of aryl methyl sites for hydroxylation is 1. The van der Waals surface area contributed by atoms with Crippen molar-refractivity contribution < 1.29 is 14.3 Å². The zero-order chi connectivity index (χ0) is 18.2. The third-order valence-electron chi connectivity index (χ3n) is 4.86. The maximum Gasteiger partial charge on any atom is 0.338 e. The van der Waals surface area contributed by atoms with Gasteiger partial charge in [0.2, 0.25) is 0 Å². The minimum Gasteiger partial charge on any atom is -0.478 e. The van der Waals surface area contributed by atoms with Crippen LogP contribution in [0, 0.1) is 6.92 Å². The fourth-order valence-corrected chi connectivity index (χ4v) is 3.33. The topological polar surface area (TPSA) is 71.5 Å². The van der Waals surface area contributed by atoms with Crippen molar-refractivity contribution in [1.82, 2.24) is 14.7 Å². The molecule has 25 heavy (non-hydrogen) atoms. The van der Waals surface area contributed by atoms with Gasteiger partial charge in [0.15, 0.2) is 0 Å². The van der Waals surface area contributed by atoms with E-state index in [1.165, 1.54) is 11.8 Å². The summed E-state index contributed by atoms with van der Waals surface area (Å²) in [6, 6.07) is 2.39. The van der Waals surface area contributed by atoms with E-state index in [4.69, 9.17) is 9.52 Å². The van der Waals surface area contributed by atoms with E-state index < -0.39 is 5.97 Å². The first-order valence-electron chi connectivity index (χ1n) is 8.83. The van der Waals surface area contributed by atoms with Crippen LogP contribution in [0.3, 0.4) is 0 Å². The predicted octanol–water partition coefficient (Wildman–Crippen LogP) is 3.62. The molecule has 0 amide bonds. The number of carboxylic acid groups (broad SMARTS) is 1. The number of piperidine rings is 1. The summed E-state index contributed by atoms with van der Waals surface area (Å²) in [6.07, 6.45) is 5.17. The third kappa shape index (κ3) is 3.95.